The van der Waals surface area contributed by atoms with Crippen molar-refractivity contribution in [2.24, 2.45) is 0 Å². The third kappa shape index (κ3) is 7.05. The number of nitrogens with one attached hydrogen (secondary N) is 1. The van der Waals surface area contributed by atoms with E-state index in [1.165, 1.54) is 7.11 Å². The maximum absolute atomic E-state index is 11.7. The summed E-state index contributed by atoms with van der Waals surface area (Å²) in [6, 6.07) is -0.537. The minimum absolute atomic E-state index is 0.161. The van der Waals surface area contributed by atoms with Crippen molar-refractivity contribution in [2.75, 3.05) is 19.1 Å². The lowest BCUT2D eigenvalue weighted by Crippen LogP contribution is -2.45. The van der Waals surface area contributed by atoms with E-state index in [0.717, 1.165) is 5.75 Å². The number of methoxy groups -OCH3 is 1. The van der Waals surface area contributed by atoms with E-state index < -0.39 is 12.5 Å². The first kappa shape index (κ1) is 15.7. The van der Waals surface area contributed by atoms with E-state index >= 15 is 0 Å². The Hall–Kier alpha value is -0.300. The van der Waals surface area contributed by atoms with E-state index in [1.54, 1.807) is 25.6 Å². The second-order valence-corrected chi connectivity index (χ2v) is 4.56. The fourth-order valence-corrected chi connectivity index (χ4v) is 1.53. The van der Waals surface area contributed by atoms with E-state index in [4.69, 9.17) is 4.74 Å². The molecule has 0 aromatic rings. The number of hydrogen-bond acceptors (Lipinski definition) is 6. The van der Waals surface area contributed by atoms with Gasteiger partial charge in [-0.1, -0.05) is 0 Å². The molecule has 0 amide bonds. The molecule has 0 fully saturated rings. The van der Waals surface area contributed by atoms with Gasteiger partial charge in [0.25, 0.3) is 0 Å². The van der Waals surface area contributed by atoms with Crippen LogP contribution in [-0.4, -0.2) is 48.8 Å². The molecule has 6 heteroatoms. The summed E-state index contributed by atoms with van der Waals surface area (Å²) in [5, 5.41) is 11.9. The van der Waals surface area contributed by atoms with Gasteiger partial charge >= 0.3 is 5.97 Å². The Kier molecular flexibility index (Phi) is 8.64. The van der Waals surface area contributed by atoms with Crippen molar-refractivity contribution in [3.8, 4) is 0 Å². The van der Waals surface area contributed by atoms with Crippen LogP contribution in [0.1, 0.15) is 20.3 Å². The molecule has 2 atom stereocenters. The van der Waals surface area contributed by atoms with Gasteiger partial charge in [0, 0.05) is 7.11 Å². The van der Waals surface area contributed by atoms with Crippen LogP contribution in [0.15, 0.2) is 0 Å². The summed E-state index contributed by atoms with van der Waals surface area (Å²) in [5.41, 5.74) is 0. The van der Waals surface area contributed by atoms with Crippen molar-refractivity contribution in [2.45, 2.75) is 38.8 Å². The highest BCUT2D eigenvalue weighted by Gasteiger charge is 2.22. The Bertz CT molecular complexity index is 201. The molecule has 0 saturated heterocycles. The van der Waals surface area contributed by atoms with Gasteiger partial charge in [0.1, 0.15) is 6.04 Å². The number of esters is 1. The molecule has 0 saturated carbocycles. The molecule has 0 aromatic heterocycles. The van der Waals surface area contributed by atoms with Crippen molar-refractivity contribution >= 4 is 17.7 Å². The second-order valence-electron chi connectivity index (χ2n) is 3.57. The van der Waals surface area contributed by atoms with Gasteiger partial charge in [-0.3, -0.25) is 10.1 Å². The fourth-order valence-electron chi connectivity index (χ4n) is 1.06. The quantitative estimate of drug-likeness (QED) is 0.485. The Morgan fingerprint density at radius 3 is 2.56 bits per heavy atom. The van der Waals surface area contributed by atoms with Gasteiger partial charge in [-0.25, -0.2) is 0 Å². The van der Waals surface area contributed by atoms with E-state index in [9.17, 15) is 9.90 Å². The highest BCUT2D eigenvalue weighted by Crippen LogP contribution is 2.05. The predicted molar refractivity (Wildman–Crippen MR) is 64.2 cm³/mol. The number of carbonyl (C=O) groups is 1. The van der Waals surface area contributed by atoms with Crippen molar-refractivity contribution in [3.05, 3.63) is 0 Å². The zero-order chi connectivity index (χ0) is 12.6. The molecule has 0 rings (SSSR count). The van der Waals surface area contributed by atoms with E-state index in [0.29, 0.717) is 6.42 Å². The van der Waals surface area contributed by atoms with Gasteiger partial charge in [0.2, 0.25) is 6.41 Å². The number of rotatable bonds is 8. The summed E-state index contributed by atoms with van der Waals surface area (Å²) < 4.78 is 9.72. The zero-order valence-corrected chi connectivity index (χ0v) is 11.0. The number of ether oxygens (including phenoxy) is 2. The molecule has 0 spiro atoms. The Morgan fingerprint density at radius 2 is 2.12 bits per heavy atom. The molecule has 2 N–H and O–H groups in total. The smallest absolute Gasteiger partial charge is 0.323 e. The van der Waals surface area contributed by atoms with Crippen LogP contribution in [0.25, 0.3) is 0 Å². The molecule has 0 radical (unpaired) electrons. The van der Waals surface area contributed by atoms with Crippen LogP contribution in [0.4, 0.5) is 0 Å². The average Bonchev–Trinajstić information content (AvgIpc) is 2.22. The van der Waals surface area contributed by atoms with Crippen LogP contribution < -0.4 is 5.32 Å². The first-order chi connectivity index (χ1) is 7.51. The number of aliphatic hydroxyl groups excluding tert-OH is 1. The lowest BCUT2D eigenvalue weighted by Gasteiger charge is -2.21. The van der Waals surface area contributed by atoms with Gasteiger partial charge in [-0.15, -0.1) is 0 Å². The first-order valence-corrected chi connectivity index (χ1v) is 6.57. The maximum Gasteiger partial charge on any atom is 0.323 e. The van der Waals surface area contributed by atoms with Crippen LogP contribution in [0, 0.1) is 0 Å². The van der Waals surface area contributed by atoms with Crippen LogP contribution in [0.2, 0.25) is 0 Å². The second kappa shape index (κ2) is 8.81. The lowest BCUT2D eigenvalue weighted by atomic mass is 10.2. The summed E-state index contributed by atoms with van der Waals surface area (Å²) in [7, 11) is 1.36. The summed E-state index contributed by atoms with van der Waals surface area (Å²) in [6.07, 6.45) is 1.24. The summed E-state index contributed by atoms with van der Waals surface area (Å²) in [4.78, 5) is 11.7. The van der Waals surface area contributed by atoms with Crippen LogP contribution in [0.5, 0.6) is 0 Å². The molecular formula is C10H21NO4S. The van der Waals surface area contributed by atoms with Gasteiger partial charge in [0.15, 0.2) is 0 Å². The van der Waals surface area contributed by atoms with Crippen molar-refractivity contribution < 1.29 is 19.4 Å². The summed E-state index contributed by atoms with van der Waals surface area (Å²) >= 11 is 1.63. The zero-order valence-electron chi connectivity index (χ0n) is 10.2. The third-order valence-electron chi connectivity index (χ3n) is 1.81. The van der Waals surface area contributed by atoms with Gasteiger partial charge < -0.3 is 14.6 Å². The lowest BCUT2D eigenvalue weighted by molar-refractivity contribution is -0.157. The third-order valence-corrected chi connectivity index (χ3v) is 2.46. The van der Waals surface area contributed by atoms with Gasteiger partial charge in [-0.2, -0.15) is 11.8 Å². The first-order valence-electron chi connectivity index (χ1n) is 5.17. The predicted octanol–water partition coefficient (Wildman–Crippen LogP) is 0.572. The van der Waals surface area contributed by atoms with Crippen molar-refractivity contribution in [1.82, 2.24) is 5.32 Å². The Balaban J connectivity index is 4.22. The summed E-state index contributed by atoms with van der Waals surface area (Å²) in [6.45, 7) is 3.58. The Labute approximate surface area is 101 Å². The highest BCUT2D eigenvalue weighted by molar-refractivity contribution is 7.98. The van der Waals surface area contributed by atoms with Gasteiger partial charge in [-0.05, 0) is 32.3 Å². The largest absolute Gasteiger partial charge is 0.462 e. The molecule has 0 aliphatic rings. The standard InChI is InChI=1S/C10H21NO4S/c1-7(2)15-9(12)8(5-6-16-4)11-10(13)14-3/h7-8,10-11,13H,5-6H2,1-4H3/t8-,10?/m0/s1. The molecule has 0 aliphatic heterocycles. The van der Waals surface area contributed by atoms with Gasteiger partial charge in [0.05, 0.1) is 6.10 Å². The maximum atomic E-state index is 11.7. The SMILES string of the molecule is COC(O)N[C@@H](CCSC)C(=O)OC(C)C. The number of thioether (sulfide) groups is 1. The number of hydrogen-bond donors (Lipinski definition) is 2. The number of aliphatic hydroxyl groups is 1. The van der Waals surface area contributed by atoms with E-state index in [-0.39, 0.29) is 12.1 Å². The molecule has 0 aromatic carbocycles. The highest BCUT2D eigenvalue weighted by atomic mass is 32.2. The van der Waals surface area contributed by atoms with Crippen LogP contribution in [0.3, 0.4) is 0 Å². The minimum atomic E-state index is -1.15. The summed E-state index contributed by atoms with van der Waals surface area (Å²) in [5.74, 6) is 0.446. The monoisotopic (exact) mass is 251 g/mol. The minimum Gasteiger partial charge on any atom is -0.462 e. The fraction of sp³-hybridized carbons (Fsp3) is 0.900. The Morgan fingerprint density at radius 1 is 1.50 bits per heavy atom. The molecule has 0 heterocycles. The van der Waals surface area contributed by atoms with Crippen molar-refractivity contribution in [1.29, 1.82) is 0 Å². The van der Waals surface area contributed by atoms with Crippen molar-refractivity contribution in [3.63, 3.8) is 0 Å². The molecule has 16 heavy (non-hydrogen) atoms. The van der Waals surface area contributed by atoms with E-state index in [2.05, 4.69) is 10.1 Å². The number of carbonyl (C=O) groups excluding carboxylic acids is 1. The molecule has 96 valence electrons. The molecule has 0 aliphatic carbocycles. The normalized spacial score (nSPS) is 14.9. The molecule has 0 bridgehead atoms. The van der Waals surface area contributed by atoms with Crippen LogP contribution >= 0.6 is 11.8 Å². The van der Waals surface area contributed by atoms with Crippen LogP contribution in [-0.2, 0) is 14.3 Å². The average molecular weight is 251 g/mol. The molecule has 5 nitrogen and oxygen atoms in total. The topological polar surface area (TPSA) is 67.8 Å². The molecule has 1 unspecified atom stereocenters. The van der Waals surface area contributed by atoms with E-state index in [1.807, 2.05) is 6.26 Å². The molecular weight excluding hydrogens is 230 g/mol.